The molecule has 0 N–H and O–H groups in total. The quantitative estimate of drug-likeness (QED) is 0.798. The number of sulfonamides is 1. The standard InChI is InChI=1S/C14H12BrNO4S/c15-11-6-8-13(9-7-11)21(19,20)16(10-14(17)18)12-4-2-1-3-5-12/h1-9H,10H2,(H,17,18)/p-1. The molecule has 0 spiro atoms. The molecule has 0 amide bonds. The van der Waals surface area contributed by atoms with E-state index in [1.807, 2.05) is 0 Å². The Morgan fingerprint density at radius 2 is 1.62 bits per heavy atom. The highest BCUT2D eigenvalue weighted by molar-refractivity contribution is 9.10. The first-order valence-corrected chi connectivity index (χ1v) is 8.18. The lowest BCUT2D eigenvalue weighted by atomic mass is 10.3. The average molecular weight is 369 g/mol. The van der Waals surface area contributed by atoms with Crippen LogP contribution in [0.15, 0.2) is 64.0 Å². The van der Waals surface area contributed by atoms with E-state index in [4.69, 9.17) is 0 Å². The van der Waals surface area contributed by atoms with Crippen LogP contribution in [-0.4, -0.2) is 20.9 Å². The van der Waals surface area contributed by atoms with Crippen LogP contribution < -0.4 is 9.41 Å². The molecule has 7 heteroatoms. The Balaban J connectivity index is 2.49. The fourth-order valence-corrected chi connectivity index (χ4v) is 3.43. The summed E-state index contributed by atoms with van der Waals surface area (Å²) >= 11 is 3.22. The molecule has 21 heavy (non-hydrogen) atoms. The summed E-state index contributed by atoms with van der Waals surface area (Å²) in [5.74, 6) is -1.47. The fraction of sp³-hybridized carbons (Fsp3) is 0.0714. The predicted molar refractivity (Wildman–Crippen MR) is 80.1 cm³/mol. The molecule has 2 rings (SSSR count). The summed E-state index contributed by atoms with van der Waals surface area (Å²) in [7, 11) is -3.97. The number of carboxylic acid groups (broad SMARTS) is 1. The van der Waals surface area contributed by atoms with Crippen LogP contribution in [-0.2, 0) is 14.8 Å². The molecule has 110 valence electrons. The molecule has 0 aromatic heterocycles. The van der Waals surface area contributed by atoms with Crippen molar-refractivity contribution in [2.24, 2.45) is 0 Å². The zero-order chi connectivity index (χ0) is 15.5. The van der Waals surface area contributed by atoms with Gasteiger partial charge in [-0.1, -0.05) is 34.1 Å². The molecule has 0 aliphatic rings. The summed E-state index contributed by atoms with van der Waals surface area (Å²) in [4.78, 5) is 10.9. The number of carbonyl (C=O) groups excluding carboxylic acids is 1. The minimum atomic E-state index is -3.97. The highest BCUT2D eigenvalue weighted by Gasteiger charge is 2.24. The van der Waals surface area contributed by atoms with Crippen LogP contribution in [0.25, 0.3) is 0 Å². The van der Waals surface area contributed by atoms with E-state index < -0.39 is 22.5 Å². The number of hydrogen-bond acceptors (Lipinski definition) is 4. The van der Waals surface area contributed by atoms with Gasteiger partial charge in [0, 0.05) is 4.47 Å². The first-order valence-electron chi connectivity index (χ1n) is 5.94. The lowest BCUT2D eigenvalue weighted by molar-refractivity contribution is -0.303. The molecule has 0 atom stereocenters. The Labute approximate surface area is 131 Å². The average Bonchev–Trinajstić information content (AvgIpc) is 2.46. The Morgan fingerprint density at radius 3 is 2.14 bits per heavy atom. The van der Waals surface area contributed by atoms with Crippen molar-refractivity contribution in [3.63, 3.8) is 0 Å². The number of benzene rings is 2. The number of rotatable bonds is 5. The summed E-state index contributed by atoms with van der Waals surface area (Å²) in [6.45, 7) is -0.748. The Bertz CT molecular complexity index is 729. The lowest BCUT2D eigenvalue weighted by Gasteiger charge is -2.24. The number of para-hydroxylation sites is 1. The van der Waals surface area contributed by atoms with Crippen LogP contribution in [0.2, 0.25) is 0 Å². The van der Waals surface area contributed by atoms with E-state index in [-0.39, 0.29) is 10.6 Å². The van der Waals surface area contributed by atoms with Gasteiger partial charge in [0.05, 0.1) is 23.1 Å². The van der Waals surface area contributed by atoms with Crippen molar-refractivity contribution in [3.8, 4) is 0 Å². The monoisotopic (exact) mass is 368 g/mol. The molecule has 5 nitrogen and oxygen atoms in total. The Morgan fingerprint density at radius 1 is 1.05 bits per heavy atom. The van der Waals surface area contributed by atoms with Crippen LogP contribution >= 0.6 is 15.9 Å². The molecule has 0 aliphatic carbocycles. The van der Waals surface area contributed by atoms with Crippen molar-refractivity contribution >= 4 is 37.6 Å². The van der Waals surface area contributed by atoms with E-state index in [0.29, 0.717) is 0 Å². The maximum Gasteiger partial charge on any atom is 0.264 e. The lowest BCUT2D eigenvalue weighted by Crippen LogP contribution is -2.41. The zero-order valence-electron chi connectivity index (χ0n) is 10.8. The van der Waals surface area contributed by atoms with Gasteiger partial charge in [-0.15, -0.1) is 0 Å². The maximum absolute atomic E-state index is 12.6. The van der Waals surface area contributed by atoms with Crippen molar-refractivity contribution in [1.82, 2.24) is 0 Å². The normalized spacial score (nSPS) is 11.1. The minimum Gasteiger partial charge on any atom is -0.548 e. The van der Waals surface area contributed by atoms with Gasteiger partial charge < -0.3 is 9.90 Å². The first kappa shape index (κ1) is 15.5. The van der Waals surface area contributed by atoms with Crippen molar-refractivity contribution in [3.05, 3.63) is 59.1 Å². The summed E-state index contributed by atoms with van der Waals surface area (Å²) in [5.41, 5.74) is 0.268. The number of halogens is 1. The van der Waals surface area contributed by atoms with Crippen LogP contribution in [0.5, 0.6) is 0 Å². The third-order valence-corrected chi connectivity index (χ3v) is 5.04. The second kappa shape index (κ2) is 6.28. The van der Waals surface area contributed by atoms with Crippen molar-refractivity contribution in [2.75, 3.05) is 10.8 Å². The third kappa shape index (κ3) is 3.62. The summed E-state index contributed by atoms with van der Waals surface area (Å²) < 4.78 is 26.7. The van der Waals surface area contributed by atoms with Gasteiger partial charge in [0.1, 0.15) is 0 Å². The topological polar surface area (TPSA) is 77.5 Å². The molecule has 0 aliphatic heterocycles. The number of nitrogens with zero attached hydrogens (tertiary/aromatic N) is 1. The third-order valence-electron chi connectivity index (χ3n) is 2.72. The fourth-order valence-electron chi connectivity index (χ4n) is 1.76. The smallest absolute Gasteiger partial charge is 0.264 e. The van der Waals surface area contributed by atoms with E-state index in [9.17, 15) is 18.3 Å². The maximum atomic E-state index is 12.6. The molecule has 0 fully saturated rings. The van der Waals surface area contributed by atoms with E-state index in [1.165, 1.54) is 24.3 Å². The molecule has 2 aromatic rings. The van der Waals surface area contributed by atoms with Gasteiger partial charge in [-0.2, -0.15) is 0 Å². The van der Waals surface area contributed by atoms with Gasteiger partial charge in [-0.3, -0.25) is 4.31 Å². The van der Waals surface area contributed by atoms with E-state index >= 15 is 0 Å². The number of carboxylic acids is 1. The summed E-state index contributed by atoms with van der Waals surface area (Å²) in [6, 6.07) is 14.0. The molecule has 0 saturated carbocycles. The summed E-state index contributed by atoms with van der Waals surface area (Å²) in [5, 5.41) is 10.9. The predicted octanol–water partition coefficient (Wildman–Crippen LogP) is 1.39. The molecular weight excluding hydrogens is 358 g/mol. The van der Waals surface area contributed by atoms with Gasteiger partial charge in [0.15, 0.2) is 0 Å². The second-order valence-corrected chi connectivity index (χ2v) is 6.95. The highest BCUT2D eigenvalue weighted by Crippen LogP contribution is 2.24. The molecule has 0 heterocycles. The Kier molecular flexibility index (Phi) is 4.64. The van der Waals surface area contributed by atoms with E-state index in [2.05, 4.69) is 15.9 Å². The van der Waals surface area contributed by atoms with Gasteiger partial charge in [-0.25, -0.2) is 8.42 Å². The zero-order valence-corrected chi connectivity index (χ0v) is 13.2. The van der Waals surface area contributed by atoms with Crippen LogP contribution in [0.1, 0.15) is 0 Å². The number of anilines is 1. The SMILES string of the molecule is O=C([O-])CN(c1ccccc1)S(=O)(=O)c1ccc(Br)cc1. The minimum absolute atomic E-state index is 0.0100. The van der Waals surface area contributed by atoms with Gasteiger partial charge >= 0.3 is 0 Å². The number of hydrogen-bond donors (Lipinski definition) is 0. The molecule has 2 aromatic carbocycles. The molecule has 0 radical (unpaired) electrons. The highest BCUT2D eigenvalue weighted by atomic mass is 79.9. The van der Waals surface area contributed by atoms with Gasteiger partial charge in [-0.05, 0) is 36.4 Å². The molecule has 0 saturated heterocycles. The largest absolute Gasteiger partial charge is 0.548 e. The van der Waals surface area contributed by atoms with Crippen molar-refractivity contribution in [1.29, 1.82) is 0 Å². The molecule has 0 unspecified atom stereocenters. The van der Waals surface area contributed by atoms with Crippen LogP contribution in [0.4, 0.5) is 5.69 Å². The molecular formula is C14H11BrNO4S-. The van der Waals surface area contributed by atoms with Crippen molar-refractivity contribution < 1.29 is 18.3 Å². The van der Waals surface area contributed by atoms with E-state index in [1.54, 1.807) is 30.3 Å². The van der Waals surface area contributed by atoms with Gasteiger partial charge in [0.25, 0.3) is 10.0 Å². The Hall–Kier alpha value is -1.86. The van der Waals surface area contributed by atoms with E-state index in [0.717, 1.165) is 8.78 Å². The van der Waals surface area contributed by atoms with Crippen molar-refractivity contribution in [2.45, 2.75) is 4.90 Å². The molecule has 0 bridgehead atoms. The van der Waals surface area contributed by atoms with Crippen LogP contribution in [0, 0.1) is 0 Å². The van der Waals surface area contributed by atoms with Gasteiger partial charge in [0.2, 0.25) is 0 Å². The second-order valence-electron chi connectivity index (χ2n) is 4.17. The van der Waals surface area contributed by atoms with Crippen LogP contribution in [0.3, 0.4) is 0 Å². The number of aliphatic carboxylic acids is 1. The number of carbonyl (C=O) groups is 1. The first-order chi connectivity index (χ1) is 9.91. The summed E-state index contributed by atoms with van der Waals surface area (Å²) in [6.07, 6.45) is 0.